The highest BCUT2D eigenvalue weighted by Crippen LogP contribution is 2.34. The Hall–Kier alpha value is -1.32. The van der Waals surface area contributed by atoms with E-state index in [2.05, 4.69) is 90.4 Å². The van der Waals surface area contributed by atoms with E-state index in [4.69, 9.17) is 0 Å². The molecule has 0 amide bonds. The monoisotopic (exact) mass is 346 g/mol. The standard InChI is InChI=1S/C18H23BrN2/c1-12-6-9-17(13(2)10-12)21(5)18-11-15(19)7-8-16(18)14(3)20-4/h6-11,14,20H,1-5H3. The molecule has 3 heteroatoms. The molecule has 1 atom stereocenters. The van der Waals surface area contributed by atoms with Crippen LogP contribution in [0.5, 0.6) is 0 Å². The maximum absolute atomic E-state index is 3.59. The molecule has 0 aliphatic heterocycles. The summed E-state index contributed by atoms with van der Waals surface area (Å²) in [5.74, 6) is 0. The summed E-state index contributed by atoms with van der Waals surface area (Å²) in [7, 11) is 4.12. The average molecular weight is 347 g/mol. The summed E-state index contributed by atoms with van der Waals surface area (Å²) < 4.78 is 1.10. The minimum absolute atomic E-state index is 0.307. The highest BCUT2D eigenvalue weighted by Gasteiger charge is 2.15. The molecule has 0 saturated heterocycles. The molecule has 0 aromatic heterocycles. The molecular weight excluding hydrogens is 324 g/mol. The van der Waals surface area contributed by atoms with E-state index in [1.807, 2.05) is 7.05 Å². The van der Waals surface area contributed by atoms with Crippen molar-refractivity contribution in [3.05, 3.63) is 57.6 Å². The number of nitrogens with zero attached hydrogens (tertiary/aromatic N) is 1. The molecule has 2 nitrogen and oxygen atoms in total. The predicted octanol–water partition coefficient (Wildman–Crippen LogP) is 5.11. The second-order valence-electron chi connectivity index (χ2n) is 5.56. The maximum Gasteiger partial charge on any atom is 0.0467 e. The minimum atomic E-state index is 0.307. The van der Waals surface area contributed by atoms with Crippen LogP contribution in [-0.2, 0) is 0 Å². The first kappa shape index (κ1) is 16.1. The average Bonchev–Trinajstić information content (AvgIpc) is 2.45. The van der Waals surface area contributed by atoms with E-state index in [1.165, 1.54) is 28.1 Å². The molecule has 0 radical (unpaired) electrons. The molecular formula is C18H23BrN2. The van der Waals surface area contributed by atoms with Crippen LogP contribution in [0.1, 0.15) is 29.7 Å². The van der Waals surface area contributed by atoms with Gasteiger partial charge < -0.3 is 10.2 Å². The van der Waals surface area contributed by atoms with Gasteiger partial charge in [-0.2, -0.15) is 0 Å². The Labute approximate surface area is 136 Å². The first-order valence-electron chi connectivity index (χ1n) is 7.21. The van der Waals surface area contributed by atoms with Crippen LogP contribution >= 0.6 is 15.9 Å². The zero-order chi connectivity index (χ0) is 15.6. The summed E-state index contributed by atoms with van der Waals surface area (Å²) in [6, 6.07) is 13.4. The summed E-state index contributed by atoms with van der Waals surface area (Å²) in [5.41, 5.74) is 6.34. The van der Waals surface area contributed by atoms with E-state index in [0.717, 1.165) is 4.47 Å². The molecule has 21 heavy (non-hydrogen) atoms. The van der Waals surface area contributed by atoms with Crippen LogP contribution in [0.4, 0.5) is 11.4 Å². The first-order valence-corrected chi connectivity index (χ1v) is 8.01. The zero-order valence-electron chi connectivity index (χ0n) is 13.4. The number of hydrogen-bond acceptors (Lipinski definition) is 2. The molecule has 2 rings (SSSR count). The molecule has 1 unspecified atom stereocenters. The molecule has 2 aromatic rings. The fourth-order valence-electron chi connectivity index (χ4n) is 2.64. The van der Waals surface area contributed by atoms with Crippen molar-refractivity contribution in [3.63, 3.8) is 0 Å². The smallest absolute Gasteiger partial charge is 0.0467 e. The van der Waals surface area contributed by atoms with Crippen molar-refractivity contribution in [1.29, 1.82) is 0 Å². The largest absolute Gasteiger partial charge is 0.344 e. The Morgan fingerprint density at radius 1 is 1.05 bits per heavy atom. The SMILES string of the molecule is CNC(C)c1ccc(Br)cc1N(C)c1ccc(C)cc1C. The molecule has 1 N–H and O–H groups in total. The second-order valence-corrected chi connectivity index (χ2v) is 6.48. The van der Waals surface area contributed by atoms with Crippen molar-refractivity contribution < 1.29 is 0 Å². The fraction of sp³-hybridized carbons (Fsp3) is 0.333. The Balaban J connectivity index is 2.51. The van der Waals surface area contributed by atoms with Crippen LogP contribution in [-0.4, -0.2) is 14.1 Å². The van der Waals surface area contributed by atoms with Crippen LogP contribution < -0.4 is 10.2 Å². The molecule has 0 saturated carbocycles. The Morgan fingerprint density at radius 3 is 2.38 bits per heavy atom. The molecule has 112 valence electrons. The van der Waals surface area contributed by atoms with Crippen molar-refractivity contribution in [2.24, 2.45) is 0 Å². The van der Waals surface area contributed by atoms with E-state index in [-0.39, 0.29) is 0 Å². The second kappa shape index (κ2) is 6.63. The Bertz CT molecular complexity index is 637. The van der Waals surface area contributed by atoms with E-state index in [0.29, 0.717) is 6.04 Å². The van der Waals surface area contributed by atoms with Crippen molar-refractivity contribution in [2.45, 2.75) is 26.8 Å². The minimum Gasteiger partial charge on any atom is -0.344 e. The van der Waals surface area contributed by atoms with Gasteiger partial charge in [0.15, 0.2) is 0 Å². The molecule has 0 aliphatic carbocycles. The summed E-state index contributed by atoms with van der Waals surface area (Å²) in [5, 5.41) is 3.33. The van der Waals surface area contributed by atoms with Gasteiger partial charge in [0.25, 0.3) is 0 Å². The van der Waals surface area contributed by atoms with Gasteiger partial charge in [-0.05, 0) is 57.1 Å². The Kier molecular flexibility index (Phi) is 5.07. The maximum atomic E-state index is 3.59. The van der Waals surface area contributed by atoms with Gasteiger partial charge in [-0.15, -0.1) is 0 Å². The van der Waals surface area contributed by atoms with Crippen molar-refractivity contribution >= 4 is 27.3 Å². The van der Waals surface area contributed by atoms with Gasteiger partial charge in [0.05, 0.1) is 0 Å². The number of benzene rings is 2. The third-order valence-corrected chi connectivity index (χ3v) is 4.46. The summed E-state index contributed by atoms with van der Waals surface area (Å²) in [4.78, 5) is 2.27. The number of halogens is 1. The number of rotatable bonds is 4. The van der Waals surface area contributed by atoms with E-state index in [9.17, 15) is 0 Å². The van der Waals surface area contributed by atoms with Gasteiger partial charge in [0.2, 0.25) is 0 Å². The first-order chi connectivity index (χ1) is 9.93. The molecule has 0 bridgehead atoms. The molecule has 0 heterocycles. The lowest BCUT2D eigenvalue weighted by Crippen LogP contribution is -2.18. The van der Waals surface area contributed by atoms with Crippen LogP contribution in [0.15, 0.2) is 40.9 Å². The lowest BCUT2D eigenvalue weighted by atomic mass is 10.0. The van der Waals surface area contributed by atoms with Gasteiger partial charge in [-0.25, -0.2) is 0 Å². The Morgan fingerprint density at radius 2 is 1.76 bits per heavy atom. The molecule has 0 spiro atoms. The molecule has 2 aromatic carbocycles. The number of hydrogen-bond donors (Lipinski definition) is 1. The highest BCUT2D eigenvalue weighted by molar-refractivity contribution is 9.10. The van der Waals surface area contributed by atoms with E-state index in [1.54, 1.807) is 0 Å². The van der Waals surface area contributed by atoms with Crippen LogP contribution in [0, 0.1) is 13.8 Å². The third-order valence-electron chi connectivity index (χ3n) is 3.97. The van der Waals surface area contributed by atoms with Gasteiger partial charge in [0.1, 0.15) is 0 Å². The van der Waals surface area contributed by atoms with Gasteiger partial charge >= 0.3 is 0 Å². The van der Waals surface area contributed by atoms with E-state index < -0.39 is 0 Å². The number of aryl methyl sites for hydroxylation is 2. The highest BCUT2D eigenvalue weighted by atomic mass is 79.9. The quantitative estimate of drug-likeness (QED) is 0.826. The van der Waals surface area contributed by atoms with Gasteiger partial charge in [0, 0.05) is 28.9 Å². The van der Waals surface area contributed by atoms with Crippen molar-refractivity contribution in [1.82, 2.24) is 5.32 Å². The number of anilines is 2. The third kappa shape index (κ3) is 3.47. The lowest BCUT2D eigenvalue weighted by Gasteiger charge is -2.27. The van der Waals surface area contributed by atoms with Crippen molar-refractivity contribution in [2.75, 3.05) is 19.0 Å². The summed E-state index contributed by atoms with van der Waals surface area (Å²) >= 11 is 3.59. The topological polar surface area (TPSA) is 15.3 Å². The van der Waals surface area contributed by atoms with Crippen LogP contribution in [0.3, 0.4) is 0 Å². The van der Waals surface area contributed by atoms with Gasteiger partial charge in [-0.3, -0.25) is 0 Å². The number of nitrogens with one attached hydrogen (secondary N) is 1. The molecule has 0 aliphatic rings. The van der Waals surface area contributed by atoms with Crippen LogP contribution in [0.25, 0.3) is 0 Å². The summed E-state index contributed by atoms with van der Waals surface area (Å²) in [6.07, 6.45) is 0. The zero-order valence-corrected chi connectivity index (χ0v) is 15.0. The fourth-order valence-corrected chi connectivity index (χ4v) is 2.99. The lowest BCUT2D eigenvalue weighted by molar-refractivity contribution is 0.652. The van der Waals surface area contributed by atoms with Crippen LogP contribution in [0.2, 0.25) is 0 Å². The summed E-state index contributed by atoms with van der Waals surface area (Å²) in [6.45, 7) is 6.48. The normalized spacial score (nSPS) is 12.3. The predicted molar refractivity (Wildman–Crippen MR) is 95.6 cm³/mol. The molecule has 0 fully saturated rings. The van der Waals surface area contributed by atoms with Gasteiger partial charge in [-0.1, -0.05) is 39.7 Å². The van der Waals surface area contributed by atoms with E-state index >= 15 is 0 Å². The van der Waals surface area contributed by atoms with Crippen molar-refractivity contribution in [3.8, 4) is 0 Å².